The van der Waals surface area contributed by atoms with Crippen LogP contribution in [0.4, 0.5) is 4.79 Å². The van der Waals surface area contributed by atoms with E-state index in [1.54, 1.807) is 4.90 Å². The molecular formula is C14H24N2O3S. The number of likely N-dealkylation sites (tertiary alicyclic amines) is 1. The van der Waals surface area contributed by atoms with Crippen molar-refractivity contribution in [3.63, 3.8) is 0 Å². The second-order valence-electron chi connectivity index (χ2n) is 5.86. The van der Waals surface area contributed by atoms with Gasteiger partial charge in [0.2, 0.25) is 0 Å². The molecule has 2 aliphatic rings. The van der Waals surface area contributed by atoms with Gasteiger partial charge in [0.1, 0.15) is 0 Å². The maximum absolute atomic E-state index is 12.2. The van der Waals surface area contributed by atoms with Gasteiger partial charge in [-0.1, -0.05) is 0 Å². The zero-order chi connectivity index (χ0) is 14.5. The Balaban J connectivity index is 1.72. The van der Waals surface area contributed by atoms with Crippen molar-refractivity contribution >= 4 is 23.8 Å². The van der Waals surface area contributed by atoms with Crippen LogP contribution in [0.2, 0.25) is 0 Å². The van der Waals surface area contributed by atoms with Crippen LogP contribution >= 0.6 is 11.8 Å². The molecule has 5 nitrogen and oxygen atoms in total. The van der Waals surface area contributed by atoms with Gasteiger partial charge in [-0.3, -0.25) is 4.79 Å². The quantitative estimate of drug-likeness (QED) is 0.835. The van der Waals surface area contributed by atoms with Crippen molar-refractivity contribution in [3.8, 4) is 0 Å². The second kappa shape index (κ2) is 7.20. The lowest BCUT2D eigenvalue weighted by Crippen LogP contribution is -2.45. The van der Waals surface area contributed by atoms with Crippen molar-refractivity contribution in [3.05, 3.63) is 0 Å². The lowest BCUT2D eigenvalue weighted by atomic mass is 9.95. The summed E-state index contributed by atoms with van der Waals surface area (Å²) in [6.45, 7) is 1.27. The van der Waals surface area contributed by atoms with E-state index in [9.17, 15) is 9.59 Å². The number of thioether (sulfide) groups is 1. The Bertz CT molecular complexity index is 356. The van der Waals surface area contributed by atoms with Gasteiger partial charge in [-0.25, -0.2) is 4.79 Å². The summed E-state index contributed by atoms with van der Waals surface area (Å²) in [5, 5.41) is 12.6. The summed E-state index contributed by atoms with van der Waals surface area (Å²) >= 11 is 1.92. The molecule has 1 saturated heterocycles. The molecule has 114 valence electrons. The number of amides is 2. The minimum absolute atomic E-state index is 0.00881. The molecule has 2 N–H and O–H groups in total. The molecule has 0 bridgehead atoms. The molecule has 2 rings (SSSR count). The van der Waals surface area contributed by atoms with Crippen LogP contribution in [0, 0.1) is 5.92 Å². The smallest absolute Gasteiger partial charge is 0.317 e. The molecule has 0 spiro atoms. The molecular weight excluding hydrogens is 276 g/mol. The Morgan fingerprint density at radius 1 is 1.25 bits per heavy atom. The number of rotatable bonds is 4. The van der Waals surface area contributed by atoms with E-state index in [0.717, 1.165) is 24.5 Å². The number of hydrogen-bond acceptors (Lipinski definition) is 3. The molecule has 1 heterocycles. The monoisotopic (exact) mass is 300 g/mol. The molecule has 0 aromatic carbocycles. The summed E-state index contributed by atoms with van der Waals surface area (Å²) in [5.74, 6) is -0.655. The maximum atomic E-state index is 12.2. The van der Waals surface area contributed by atoms with Crippen LogP contribution < -0.4 is 5.32 Å². The van der Waals surface area contributed by atoms with Crippen molar-refractivity contribution in [1.82, 2.24) is 10.2 Å². The third-order valence-corrected chi connectivity index (χ3v) is 5.51. The minimum atomic E-state index is -0.771. The molecule has 1 unspecified atom stereocenters. The third-order valence-electron chi connectivity index (χ3n) is 4.37. The Kier molecular flexibility index (Phi) is 5.57. The standard InChI is InChI=1S/C14H24N2O3S/c1-20-12-4-2-11(3-5-12)15-14(19)16-7-6-10(9-16)8-13(17)18/h10-12H,2-9H2,1H3,(H,15,19)(H,17,18). The van der Waals surface area contributed by atoms with Gasteiger partial charge < -0.3 is 15.3 Å². The number of nitrogens with zero attached hydrogens (tertiary/aromatic N) is 1. The summed E-state index contributed by atoms with van der Waals surface area (Å²) in [4.78, 5) is 24.6. The molecule has 0 aromatic heterocycles. The Morgan fingerprint density at radius 2 is 1.95 bits per heavy atom. The summed E-state index contributed by atoms with van der Waals surface area (Å²) in [6.07, 6.45) is 7.59. The Morgan fingerprint density at radius 3 is 2.55 bits per heavy atom. The first-order valence-electron chi connectivity index (χ1n) is 7.38. The topological polar surface area (TPSA) is 69.6 Å². The van der Waals surface area contributed by atoms with E-state index in [0.29, 0.717) is 19.1 Å². The molecule has 1 aliphatic carbocycles. The fraction of sp³-hybridized carbons (Fsp3) is 0.857. The lowest BCUT2D eigenvalue weighted by Gasteiger charge is -2.29. The fourth-order valence-corrected chi connectivity index (χ4v) is 3.88. The van der Waals surface area contributed by atoms with Gasteiger partial charge in [0.05, 0.1) is 0 Å². The summed E-state index contributed by atoms with van der Waals surface area (Å²) in [5.41, 5.74) is 0. The van der Waals surface area contributed by atoms with E-state index < -0.39 is 5.97 Å². The van der Waals surface area contributed by atoms with E-state index >= 15 is 0 Å². The van der Waals surface area contributed by atoms with Crippen molar-refractivity contribution < 1.29 is 14.7 Å². The molecule has 0 aromatic rings. The van der Waals surface area contributed by atoms with E-state index in [4.69, 9.17) is 5.11 Å². The number of carboxylic acid groups (broad SMARTS) is 1. The summed E-state index contributed by atoms with van der Waals surface area (Å²) < 4.78 is 0. The Labute approximate surface area is 124 Å². The van der Waals surface area contributed by atoms with Gasteiger partial charge in [-0.05, 0) is 44.3 Å². The van der Waals surface area contributed by atoms with Crippen LogP contribution in [0.3, 0.4) is 0 Å². The lowest BCUT2D eigenvalue weighted by molar-refractivity contribution is -0.138. The van der Waals surface area contributed by atoms with Crippen molar-refractivity contribution in [2.24, 2.45) is 5.92 Å². The highest BCUT2D eigenvalue weighted by molar-refractivity contribution is 7.99. The number of urea groups is 1. The molecule has 0 radical (unpaired) electrons. The zero-order valence-corrected chi connectivity index (χ0v) is 12.8. The van der Waals surface area contributed by atoms with Gasteiger partial charge in [-0.2, -0.15) is 11.8 Å². The largest absolute Gasteiger partial charge is 0.481 e. The average molecular weight is 300 g/mol. The predicted octanol–water partition coefficient (Wildman–Crippen LogP) is 2.17. The van der Waals surface area contributed by atoms with E-state index in [2.05, 4.69) is 11.6 Å². The fourth-order valence-electron chi connectivity index (χ4n) is 3.14. The normalized spacial score (nSPS) is 30.2. The maximum Gasteiger partial charge on any atom is 0.317 e. The van der Waals surface area contributed by atoms with Gasteiger partial charge in [0.15, 0.2) is 0 Å². The van der Waals surface area contributed by atoms with Crippen molar-refractivity contribution in [2.45, 2.75) is 49.8 Å². The van der Waals surface area contributed by atoms with E-state index in [-0.39, 0.29) is 18.4 Å². The number of carboxylic acids is 1. The van der Waals surface area contributed by atoms with Gasteiger partial charge in [-0.15, -0.1) is 0 Å². The van der Waals surface area contributed by atoms with Crippen molar-refractivity contribution in [1.29, 1.82) is 0 Å². The highest BCUT2D eigenvalue weighted by atomic mass is 32.2. The SMILES string of the molecule is CSC1CCC(NC(=O)N2CCC(CC(=O)O)C2)CC1. The van der Waals surface area contributed by atoms with Gasteiger partial charge in [0, 0.05) is 30.8 Å². The van der Waals surface area contributed by atoms with E-state index in [1.807, 2.05) is 11.8 Å². The summed E-state index contributed by atoms with van der Waals surface area (Å²) in [7, 11) is 0. The van der Waals surface area contributed by atoms with Crippen LogP contribution in [0.1, 0.15) is 38.5 Å². The van der Waals surface area contributed by atoms with Crippen LogP contribution in [0.5, 0.6) is 0 Å². The second-order valence-corrected chi connectivity index (χ2v) is 7.00. The molecule has 1 atom stereocenters. The van der Waals surface area contributed by atoms with Crippen LogP contribution in [0.15, 0.2) is 0 Å². The average Bonchev–Trinajstić information content (AvgIpc) is 2.87. The molecule has 1 saturated carbocycles. The van der Waals surface area contributed by atoms with Gasteiger partial charge >= 0.3 is 12.0 Å². The van der Waals surface area contributed by atoms with Crippen molar-refractivity contribution in [2.75, 3.05) is 19.3 Å². The minimum Gasteiger partial charge on any atom is -0.481 e. The molecule has 2 fully saturated rings. The number of hydrogen-bond donors (Lipinski definition) is 2. The first kappa shape index (κ1) is 15.5. The van der Waals surface area contributed by atoms with Gasteiger partial charge in [0.25, 0.3) is 0 Å². The molecule has 2 amide bonds. The Hall–Kier alpha value is -0.910. The first-order chi connectivity index (χ1) is 9.58. The molecule has 20 heavy (non-hydrogen) atoms. The van der Waals surface area contributed by atoms with E-state index in [1.165, 1.54) is 12.8 Å². The highest BCUT2D eigenvalue weighted by Gasteiger charge is 2.29. The third kappa shape index (κ3) is 4.30. The summed E-state index contributed by atoms with van der Waals surface area (Å²) in [6, 6.07) is 0.287. The van der Waals surface area contributed by atoms with Crippen LogP contribution in [-0.2, 0) is 4.79 Å². The van der Waals surface area contributed by atoms with Crippen LogP contribution in [0.25, 0.3) is 0 Å². The first-order valence-corrected chi connectivity index (χ1v) is 8.67. The predicted molar refractivity (Wildman–Crippen MR) is 80.0 cm³/mol. The molecule has 1 aliphatic heterocycles. The zero-order valence-electron chi connectivity index (χ0n) is 12.0. The number of nitrogens with one attached hydrogen (secondary N) is 1. The highest BCUT2D eigenvalue weighted by Crippen LogP contribution is 2.27. The number of carbonyl (C=O) groups is 2. The molecule has 6 heteroatoms. The number of carbonyl (C=O) groups excluding carboxylic acids is 1. The van der Waals surface area contributed by atoms with Crippen LogP contribution in [-0.4, -0.2) is 52.6 Å². The number of aliphatic carboxylic acids is 1.